The fourth-order valence-electron chi connectivity index (χ4n) is 2.32. The van der Waals surface area contributed by atoms with Crippen LogP contribution in [0.2, 0.25) is 0 Å². The van der Waals surface area contributed by atoms with Crippen molar-refractivity contribution in [2.45, 2.75) is 37.3 Å². The standard InChI is InChI=1S/C11H19N3O/c12-9-11(13)3-5-14(6-4-11)8-10-2-1-7-15-10/h10H,1-8,13H2. The number of hydrogen-bond donors (Lipinski definition) is 1. The SMILES string of the molecule is N#CC1(N)CCN(CC2CCCO2)CC1. The monoisotopic (exact) mass is 209 g/mol. The fourth-order valence-corrected chi connectivity index (χ4v) is 2.32. The van der Waals surface area contributed by atoms with Gasteiger partial charge in [0.05, 0.1) is 12.2 Å². The minimum atomic E-state index is -0.576. The first-order chi connectivity index (χ1) is 7.22. The van der Waals surface area contributed by atoms with Crippen molar-refractivity contribution in [3.63, 3.8) is 0 Å². The largest absolute Gasteiger partial charge is 0.377 e. The van der Waals surface area contributed by atoms with E-state index < -0.39 is 5.54 Å². The molecule has 1 atom stereocenters. The second kappa shape index (κ2) is 4.48. The highest BCUT2D eigenvalue weighted by Gasteiger charge is 2.31. The van der Waals surface area contributed by atoms with Gasteiger partial charge in [-0.25, -0.2) is 0 Å². The molecule has 2 N–H and O–H groups in total. The average molecular weight is 209 g/mol. The molecule has 4 heteroatoms. The molecule has 2 heterocycles. The van der Waals surface area contributed by atoms with Crippen molar-refractivity contribution in [1.82, 2.24) is 4.90 Å². The van der Waals surface area contributed by atoms with E-state index in [1.165, 1.54) is 12.8 Å². The summed E-state index contributed by atoms with van der Waals surface area (Å²) in [7, 11) is 0. The molecule has 0 saturated carbocycles. The third kappa shape index (κ3) is 2.69. The normalized spacial score (nSPS) is 31.3. The maximum Gasteiger partial charge on any atom is 0.106 e. The molecular formula is C11H19N3O. The van der Waals surface area contributed by atoms with Crippen molar-refractivity contribution >= 4 is 0 Å². The van der Waals surface area contributed by atoms with Crippen LogP contribution in [0.25, 0.3) is 0 Å². The summed E-state index contributed by atoms with van der Waals surface area (Å²) >= 11 is 0. The summed E-state index contributed by atoms with van der Waals surface area (Å²) < 4.78 is 5.60. The molecule has 0 spiro atoms. The van der Waals surface area contributed by atoms with Gasteiger partial charge in [0.2, 0.25) is 0 Å². The van der Waals surface area contributed by atoms with Crippen LogP contribution in [0.3, 0.4) is 0 Å². The zero-order valence-corrected chi connectivity index (χ0v) is 9.11. The molecule has 0 bridgehead atoms. The van der Waals surface area contributed by atoms with Gasteiger partial charge in [0.15, 0.2) is 0 Å². The van der Waals surface area contributed by atoms with E-state index >= 15 is 0 Å². The van der Waals surface area contributed by atoms with Gasteiger partial charge >= 0.3 is 0 Å². The third-order valence-corrected chi connectivity index (χ3v) is 3.46. The zero-order chi connectivity index (χ0) is 10.7. The van der Waals surface area contributed by atoms with Crippen LogP contribution in [-0.2, 0) is 4.74 Å². The van der Waals surface area contributed by atoms with Crippen LogP contribution in [0.1, 0.15) is 25.7 Å². The number of nitrogens with two attached hydrogens (primary N) is 1. The lowest BCUT2D eigenvalue weighted by atomic mass is 9.90. The van der Waals surface area contributed by atoms with Gasteiger partial charge in [-0.1, -0.05) is 0 Å². The molecule has 1 unspecified atom stereocenters. The lowest BCUT2D eigenvalue weighted by Crippen LogP contribution is -2.50. The quantitative estimate of drug-likeness (QED) is 0.718. The van der Waals surface area contributed by atoms with E-state index in [1.54, 1.807) is 0 Å². The van der Waals surface area contributed by atoms with E-state index in [0.29, 0.717) is 6.10 Å². The van der Waals surface area contributed by atoms with Crippen molar-refractivity contribution in [2.24, 2.45) is 5.73 Å². The van der Waals surface area contributed by atoms with Crippen molar-refractivity contribution in [3.05, 3.63) is 0 Å². The smallest absolute Gasteiger partial charge is 0.106 e. The molecule has 2 rings (SSSR count). The highest BCUT2D eigenvalue weighted by atomic mass is 16.5. The molecule has 2 aliphatic rings. The van der Waals surface area contributed by atoms with Gasteiger partial charge in [0.1, 0.15) is 5.54 Å². The lowest BCUT2D eigenvalue weighted by Gasteiger charge is -2.35. The predicted octanol–water partition coefficient (Wildman–Crippen LogP) is 0.482. The lowest BCUT2D eigenvalue weighted by molar-refractivity contribution is 0.0607. The molecule has 0 aliphatic carbocycles. The Kier molecular flexibility index (Phi) is 3.25. The van der Waals surface area contributed by atoms with E-state index in [9.17, 15) is 0 Å². The van der Waals surface area contributed by atoms with Crippen molar-refractivity contribution < 1.29 is 4.74 Å². The van der Waals surface area contributed by atoms with Gasteiger partial charge in [0.25, 0.3) is 0 Å². The first-order valence-electron chi connectivity index (χ1n) is 5.76. The topological polar surface area (TPSA) is 62.3 Å². The van der Waals surface area contributed by atoms with Crippen LogP contribution in [-0.4, -0.2) is 42.8 Å². The van der Waals surface area contributed by atoms with E-state index in [0.717, 1.165) is 39.1 Å². The molecule has 84 valence electrons. The molecule has 4 nitrogen and oxygen atoms in total. The minimum absolute atomic E-state index is 0.414. The molecule has 15 heavy (non-hydrogen) atoms. The summed E-state index contributed by atoms with van der Waals surface area (Å²) in [6.45, 7) is 3.80. The highest BCUT2D eigenvalue weighted by molar-refractivity contribution is 5.07. The van der Waals surface area contributed by atoms with E-state index in [4.69, 9.17) is 15.7 Å². The Hall–Kier alpha value is -0.630. The number of nitrogens with zero attached hydrogens (tertiary/aromatic N) is 2. The van der Waals surface area contributed by atoms with Crippen molar-refractivity contribution in [3.8, 4) is 6.07 Å². The van der Waals surface area contributed by atoms with E-state index in [-0.39, 0.29) is 0 Å². The Labute approximate surface area is 91.0 Å². The van der Waals surface area contributed by atoms with Crippen LogP contribution in [0.5, 0.6) is 0 Å². The Morgan fingerprint density at radius 1 is 1.47 bits per heavy atom. The molecule has 0 amide bonds. The van der Waals surface area contributed by atoms with Crippen molar-refractivity contribution in [2.75, 3.05) is 26.2 Å². The molecule has 0 aromatic carbocycles. The number of piperidine rings is 1. The van der Waals surface area contributed by atoms with Crippen LogP contribution in [0, 0.1) is 11.3 Å². The maximum absolute atomic E-state index is 8.90. The molecule has 2 aliphatic heterocycles. The van der Waals surface area contributed by atoms with Crippen molar-refractivity contribution in [1.29, 1.82) is 5.26 Å². The maximum atomic E-state index is 8.90. The van der Waals surface area contributed by atoms with Gasteiger partial charge < -0.3 is 15.4 Å². The van der Waals surface area contributed by atoms with E-state index in [2.05, 4.69) is 11.0 Å². The second-order valence-corrected chi connectivity index (χ2v) is 4.70. The Balaban J connectivity index is 1.76. The molecule has 0 radical (unpaired) electrons. The third-order valence-electron chi connectivity index (χ3n) is 3.46. The van der Waals surface area contributed by atoms with Crippen LogP contribution < -0.4 is 5.73 Å². The number of ether oxygens (including phenoxy) is 1. The van der Waals surface area contributed by atoms with Gasteiger partial charge in [0, 0.05) is 26.2 Å². The Morgan fingerprint density at radius 2 is 2.20 bits per heavy atom. The molecular weight excluding hydrogens is 190 g/mol. The summed E-state index contributed by atoms with van der Waals surface area (Å²) in [4.78, 5) is 2.37. The zero-order valence-electron chi connectivity index (χ0n) is 9.11. The van der Waals surface area contributed by atoms with Crippen LogP contribution in [0.4, 0.5) is 0 Å². The summed E-state index contributed by atoms with van der Waals surface area (Å²) in [6, 6.07) is 2.21. The number of nitriles is 1. The molecule has 0 aromatic rings. The van der Waals surface area contributed by atoms with Crippen LogP contribution in [0.15, 0.2) is 0 Å². The Bertz CT molecular complexity index is 247. The highest BCUT2D eigenvalue weighted by Crippen LogP contribution is 2.21. The molecule has 2 saturated heterocycles. The van der Waals surface area contributed by atoms with Gasteiger partial charge in [-0.3, -0.25) is 0 Å². The van der Waals surface area contributed by atoms with Crippen LogP contribution >= 0.6 is 0 Å². The minimum Gasteiger partial charge on any atom is -0.377 e. The predicted molar refractivity (Wildman–Crippen MR) is 57.2 cm³/mol. The summed E-state index contributed by atoms with van der Waals surface area (Å²) in [5, 5.41) is 8.90. The molecule has 2 fully saturated rings. The van der Waals surface area contributed by atoms with Gasteiger partial charge in [-0.05, 0) is 25.7 Å². The summed E-state index contributed by atoms with van der Waals surface area (Å²) in [5.74, 6) is 0. The summed E-state index contributed by atoms with van der Waals surface area (Å²) in [5.41, 5.74) is 5.33. The number of hydrogen-bond acceptors (Lipinski definition) is 4. The molecule has 0 aromatic heterocycles. The van der Waals surface area contributed by atoms with Gasteiger partial charge in [-0.15, -0.1) is 0 Å². The fraction of sp³-hybridized carbons (Fsp3) is 0.909. The first-order valence-corrected chi connectivity index (χ1v) is 5.76. The average Bonchev–Trinajstić information content (AvgIpc) is 2.75. The first kappa shape index (κ1) is 10.9. The van der Waals surface area contributed by atoms with Gasteiger partial charge in [-0.2, -0.15) is 5.26 Å². The Morgan fingerprint density at radius 3 is 2.73 bits per heavy atom. The number of rotatable bonds is 2. The number of likely N-dealkylation sites (tertiary alicyclic amines) is 1. The summed E-state index contributed by atoms with van der Waals surface area (Å²) in [6.07, 6.45) is 4.37. The van der Waals surface area contributed by atoms with E-state index in [1.807, 2.05) is 0 Å². The second-order valence-electron chi connectivity index (χ2n) is 4.70.